The molecule has 1 N–H and O–H groups in total. The number of ether oxygens (including phenoxy) is 2. The highest BCUT2D eigenvalue weighted by Crippen LogP contribution is 2.43. The van der Waals surface area contributed by atoms with Crippen molar-refractivity contribution in [2.24, 2.45) is 0 Å². The molecule has 81 heavy (non-hydrogen) atoms. The standard InChI is InChI=1S/C71H118NO8P/c1-6-8-10-12-14-16-18-20-22-24-25-26-27-28-29-30-31-32-33-34-35-36-37-38-39-40-41-42-43-44-45-46-47-48-50-52-54-56-58-60-62-64-71(74)80-69(68-79-81(75,76)78-66-65-72(3,4)5)67-77-70(73)63-61-59-57-55-53-51-49-23-21-19-17-15-13-11-9-7-2/h8,10,14,16-17,19-20,22-23,25-26,28-29,31-32,34-35,37-38,40-41,43-44,49,69H,6-7,9,11-13,15,18,21,24,27,30,33,36,39,42,45-48,50-68H2,1-5H3/p+1/b10-8-,16-14-,19-17-,22-20-,26-25-,29-28-,32-31-,35-34-,38-37-,41-40-,44-43-,49-23-. The summed E-state index contributed by atoms with van der Waals surface area (Å²) >= 11 is 0. The number of phosphoric acid groups is 1. The molecule has 0 saturated carbocycles. The van der Waals surface area contributed by atoms with Crippen LogP contribution in [-0.4, -0.2) is 74.9 Å². The van der Waals surface area contributed by atoms with Crippen molar-refractivity contribution in [3.63, 3.8) is 0 Å². The second kappa shape index (κ2) is 60.5. The number of carbonyl (C=O) groups is 2. The summed E-state index contributed by atoms with van der Waals surface area (Å²) in [5, 5.41) is 0. The van der Waals surface area contributed by atoms with Gasteiger partial charge in [-0.1, -0.05) is 250 Å². The van der Waals surface area contributed by atoms with E-state index in [0.717, 1.165) is 128 Å². The Morgan fingerprint density at radius 3 is 1.05 bits per heavy atom. The van der Waals surface area contributed by atoms with Gasteiger partial charge in [0.15, 0.2) is 6.10 Å². The molecule has 0 aromatic rings. The topological polar surface area (TPSA) is 108 Å². The van der Waals surface area contributed by atoms with Crippen LogP contribution in [0.5, 0.6) is 0 Å². The van der Waals surface area contributed by atoms with Crippen molar-refractivity contribution >= 4 is 19.8 Å². The number of carbonyl (C=O) groups excluding carboxylic acids is 2. The SMILES string of the molecule is CC/C=C\C/C=C\C/C=C\C/C=C\C/C=C\C/C=C\C/C=C\C/C=C\C/C=C\C/C=C\CCCCCCCCCCCCC(=O)OC(COC(=O)CCCCCCC/C=C\C/C=C\CCCCCC)COP(=O)(O)OCC[N+](C)(C)C. The zero-order valence-corrected chi connectivity index (χ0v) is 53.1. The number of esters is 2. The van der Waals surface area contributed by atoms with Gasteiger partial charge in [0.05, 0.1) is 27.7 Å². The van der Waals surface area contributed by atoms with Gasteiger partial charge in [0, 0.05) is 12.8 Å². The first-order valence-corrected chi connectivity index (χ1v) is 33.6. The van der Waals surface area contributed by atoms with Crippen LogP contribution in [0, 0.1) is 0 Å². The highest BCUT2D eigenvalue weighted by atomic mass is 31.2. The highest BCUT2D eigenvalue weighted by Gasteiger charge is 2.27. The van der Waals surface area contributed by atoms with Crippen LogP contribution in [0.2, 0.25) is 0 Å². The van der Waals surface area contributed by atoms with E-state index in [1.165, 1.54) is 70.6 Å². The molecule has 0 rings (SSSR count). The number of likely N-dealkylation sites (N-methyl/N-ethyl adjacent to an activating group) is 1. The molecule has 0 aliphatic rings. The average Bonchev–Trinajstić information content (AvgIpc) is 3.43. The molecule has 2 atom stereocenters. The number of phosphoric ester groups is 1. The van der Waals surface area contributed by atoms with Gasteiger partial charge in [0.1, 0.15) is 19.8 Å². The lowest BCUT2D eigenvalue weighted by Crippen LogP contribution is -2.37. The molecule has 0 aliphatic carbocycles. The Morgan fingerprint density at radius 2 is 0.704 bits per heavy atom. The molecule has 0 bridgehead atoms. The number of unbranched alkanes of at least 4 members (excludes halogenated alkanes) is 19. The number of nitrogens with zero attached hydrogens (tertiary/aromatic N) is 1. The molecular formula is C71H119NO8P+. The second-order valence-electron chi connectivity index (χ2n) is 22.1. The van der Waals surface area contributed by atoms with Gasteiger partial charge in [-0.25, -0.2) is 4.57 Å². The maximum atomic E-state index is 12.8. The number of rotatable bonds is 57. The van der Waals surface area contributed by atoms with Crippen molar-refractivity contribution < 1.29 is 42.1 Å². The van der Waals surface area contributed by atoms with E-state index in [-0.39, 0.29) is 32.0 Å². The van der Waals surface area contributed by atoms with Gasteiger partial charge in [0.2, 0.25) is 0 Å². The summed E-state index contributed by atoms with van der Waals surface area (Å²) in [5.41, 5.74) is 0. The Hall–Kier alpha value is -4.11. The molecule has 0 aromatic carbocycles. The van der Waals surface area contributed by atoms with E-state index < -0.39 is 26.5 Å². The second-order valence-corrected chi connectivity index (χ2v) is 23.5. The summed E-state index contributed by atoms with van der Waals surface area (Å²) < 4.78 is 34.6. The molecule has 0 radical (unpaired) electrons. The molecule has 0 aliphatic heterocycles. The molecule has 460 valence electrons. The van der Waals surface area contributed by atoms with E-state index in [4.69, 9.17) is 18.5 Å². The smallest absolute Gasteiger partial charge is 0.462 e. The quantitative estimate of drug-likeness (QED) is 0.0211. The largest absolute Gasteiger partial charge is 0.472 e. The molecule has 0 heterocycles. The van der Waals surface area contributed by atoms with Gasteiger partial charge < -0.3 is 18.9 Å². The molecule has 2 unspecified atom stereocenters. The van der Waals surface area contributed by atoms with Crippen molar-refractivity contribution in [2.45, 2.75) is 245 Å². The fraction of sp³-hybridized carbons (Fsp3) is 0.634. The first-order valence-electron chi connectivity index (χ1n) is 32.1. The predicted molar refractivity (Wildman–Crippen MR) is 348 cm³/mol. The Balaban J connectivity index is 4.10. The Kier molecular flexibility index (Phi) is 57.4. The van der Waals surface area contributed by atoms with Crippen molar-refractivity contribution in [2.75, 3.05) is 47.5 Å². The zero-order valence-electron chi connectivity index (χ0n) is 52.2. The van der Waals surface area contributed by atoms with E-state index >= 15 is 0 Å². The van der Waals surface area contributed by atoms with Gasteiger partial charge >= 0.3 is 19.8 Å². The van der Waals surface area contributed by atoms with Crippen LogP contribution < -0.4 is 0 Å². The summed E-state index contributed by atoms with van der Waals surface area (Å²) in [6.07, 6.45) is 89.3. The van der Waals surface area contributed by atoms with Gasteiger partial charge in [-0.2, -0.15) is 0 Å². The van der Waals surface area contributed by atoms with Crippen LogP contribution in [0.4, 0.5) is 0 Å². The van der Waals surface area contributed by atoms with Crippen LogP contribution in [0.15, 0.2) is 146 Å². The van der Waals surface area contributed by atoms with Crippen molar-refractivity contribution in [1.29, 1.82) is 0 Å². The fourth-order valence-corrected chi connectivity index (χ4v) is 8.93. The highest BCUT2D eigenvalue weighted by molar-refractivity contribution is 7.47. The van der Waals surface area contributed by atoms with Gasteiger partial charge in [0.25, 0.3) is 0 Å². The zero-order chi connectivity index (χ0) is 59.1. The van der Waals surface area contributed by atoms with Gasteiger partial charge in [-0.05, 0) is 122 Å². The van der Waals surface area contributed by atoms with Crippen LogP contribution >= 0.6 is 7.82 Å². The third-order valence-electron chi connectivity index (χ3n) is 13.1. The van der Waals surface area contributed by atoms with Crippen molar-refractivity contribution in [3.8, 4) is 0 Å². The van der Waals surface area contributed by atoms with Crippen LogP contribution in [0.1, 0.15) is 239 Å². The minimum Gasteiger partial charge on any atom is -0.462 e. The third-order valence-corrected chi connectivity index (χ3v) is 14.1. The Morgan fingerprint density at radius 1 is 0.395 bits per heavy atom. The minimum atomic E-state index is -4.40. The monoisotopic (exact) mass is 1140 g/mol. The summed E-state index contributed by atoms with van der Waals surface area (Å²) in [4.78, 5) is 35.7. The number of quaternary nitrogens is 1. The minimum absolute atomic E-state index is 0.0219. The lowest BCUT2D eigenvalue weighted by atomic mass is 10.0. The lowest BCUT2D eigenvalue weighted by Gasteiger charge is -2.24. The summed E-state index contributed by atoms with van der Waals surface area (Å²) in [5.74, 6) is -0.825. The van der Waals surface area contributed by atoms with Crippen molar-refractivity contribution in [1.82, 2.24) is 0 Å². The number of hydrogen-bond acceptors (Lipinski definition) is 7. The lowest BCUT2D eigenvalue weighted by molar-refractivity contribution is -0.870. The van der Waals surface area contributed by atoms with Crippen molar-refractivity contribution in [3.05, 3.63) is 146 Å². The summed E-state index contributed by atoms with van der Waals surface area (Å²) in [6.45, 7) is 4.27. The fourth-order valence-electron chi connectivity index (χ4n) is 8.19. The molecular weight excluding hydrogens is 1030 g/mol. The van der Waals surface area contributed by atoms with Crippen LogP contribution in [0.25, 0.3) is 0 Å². The normalized spacial score (nSPS) is 14.2. The Bertz CT molecular complexity index is 1880. The van der Waals surface area contributed by atoms with Crippen LogP contribution in [-0.2, 0) is 32.7 Å². The maximum absolute atomic E-state index is 12.8. The van der Waals surface area contributed by atoms with E-state index in [2.05, 4.69) is 160 Å². The van der Waals surface area contributed by atoms with Gasteiger partial charge in [-0.15, -0.1) is 0 Å². The molecule has 10 heteroatoms. The number of hydrogen-bond donors (Lipinski definition) is 1. The third kappa shape index (κ3) is 64.9. The molecule has 0 spiro atoms. The molecule has 0 aromatic heterocycles. The molecule has 0 saturated heterocycles. The van der Waals surface area contributed by atoms with E-state index in [1.807, 2.05) is 21.1 Å². The van der Waals surface area contributed by atoms with Crippen LogP contribution in [0.3, 0.4) is 0 Å². The number of allylic oxidation sites excluding steroid dienone is 24. The summed E-state index contributed by atoms with van der Waals surface area (Å²) in [7, 11) is 1.45. The first kappa shape index (κ1) is 76.9. The Labute approximate surface area is 497 Å². The van der Waals surface area contributed by atoms with Gasteiger partial charge in [-0.3, -0.25) is 18.6 Å². The average molecular weight is 1150 g/mol. The summed E-state index contributed by atoms with van der Waals surface area (Å²) in [6, 6.07) is 0. The molecule has 0 amide bonds. The van der Waals surface area contributed by atoms with E-state index in [1.54, 1.807) is 0 Å². The molecule has 9 nitrogen and oxygen atoms in total. The van der Waals surface area contributed by atoms with E-state index in [9.17, 15) is 19.0 Å². The maximum Gasteiger partial charge on any atom is 0.472 e. The van der Waals surface area contributed by atoms with E-state index in [0.29, 0.717) is 23.9 Å². The predicted octanol–water partition coefficient (Wildman–Crippen LogP) is 20.6. The molecule has 0 fully saturated rings. The first-order chi connectivity index (χ1) is 39.5.